The molecular formula is C16H20N2O5S2. The highest BCUT2D eigenvalue weighted by Gasteiger charge is 2.44. The van der Waals surface area contributed by atoms with E-state index in [0.717, 1.165) is 9.09 Å². The van der Waals surface area contributed by atoms with Gasteiger partial charge < -0.3 is 14.4 Å². The van der Waals surface area contributed by atoms with Crippen LogP contribution in [0.15, 0.2) is 16.3 Å². The second-order valence-corrected chi connectivity index (χ2v) is 8.06. The van der Waals surface area contributed by atoms with Crippen LogP contribution in [0.5, 0.6) is 0 Å². The van der Waals surface area contributed by atoms with E-state index in [1.807, 2.05) is 18.4 Å². The number of thiophene rings is 1. The van der Waals surface area contributed by atoms with Crippen molar-refractivity contribution in [2.24, 2.45) is 0 Å². The topological polar surface area (TPSA) is 76.2 Å². The quantitative estimate of drug-likeness (QED) is 0.584. The molecule has 25 heavy (non-hydrogen) atoms. The first-order chi connectivity index (χ1) is 12.0. The highest BCUT2D eigenvalue weighted by Crippen LogP contribution is 2.28. The molecule has 0 aliphatic carbocycles. The molecule has 1 aromatic rings. The summed E-state index contributed by atoms with van der Waals surface area (Å²) in [5, 5.41) is 0. The number of cyclic esters (lactones) is 1. The third kappa shape index (κ3) is 3.62. The number of amides is 2. The predicted octanol–water partition coefficient (Wildman–Crippen LogP) is 2.07. The van der Waals surface area contributed by atoms with Crippen LogP contribution in [0.2, 0.25) is 0 Å². The standard InChI is InChI=1S/C16H20N2O5S2/c1-22-15(20)11-9-23-16(21)18(11)10-5-7-17(8-6-10)14(19)12-3-4-13(24-2)25-12/h3-4,10-11H,5-9H2,1-2H3. The molecule has 2 fully saturated rings. The minimum atomic E-state index is -0.689. The molecule has 0 spiro atoms. The summed E-state index contributed by atoms with van der Waals surface area (Å²) in [5.41, 5.74) is 0. The number of rotatable bonds is 4. The summed E-state index contributed by atoms with van der Waals surface area (Å²) < 4.78 is 10.9. The van der Waals surface area contributed by atoms with Gasteiger partial charge in [-0.3, -0.25) is 9.69 Å². The third-order valence-corrected chi connectivity index (χ3v) is 6.68. The van der Waals surface area contributed by atoms with Gasteiger partial charge in [0.25, 0.3) is 5.91 Å². The number of methoxy groups -OCH3 is 1. The van der Waals surface area contributed by atoms with E-state index in [9.17, 15) is 14.4 Å². The SMILES string of the molecule is COC(=O)C1COC(=O)N1C1CCN(C(=O)c2ccc(SC)s2)CC1. The molecule has 9 heteroatoms. The lowest BCUT2D eigenvalue weighted by atomic mass is 10.0. The van der Waals surface area contributed by atoms with Gasteiger partial charge in [-0.1, -0.05) is 0 Å². The number of carbonyl (C=O) groups excluding carboxylic acids is 3. The minimum absolute atomic E-state index is 0.0251. The fourth-order valence-electron chi connectivity index (χ4n) is 3.20. The van der Waals surface area contributed by atoms with E-state index in [0.29, 0.717) is 25.9 Å². The molecule has 1 unspecified atom stereocenters. The molecule has 0 radical (unpaired) electrons. The van der Waals surface area contributed by atoms with E-state index in [2.05, 4.69) is 0 Å². The number of thioether (sulfide) groups is 1. The number of esters is 1. The average Bonchev–Trinajstić information content (AvgIpc) is 3.27. The molecule has 2 saturated heterocycles. The van der Waals surface area contributed by atoms with Gasteiger partial charge in [-0.2, -0.15) is 0 Å². The maximum absolute atomic E-state index is 12.6. The zero-order chi connectivity index (χ0) is 18.0. The molecule has 7 nitrogen and oxygen atoms in total. The number of ether oxygens (including phenoxy) is 2. The van der Waals surface area contributed by atoms with Crippen molar-refractivity contribution in [3.8, 4) is 0 Å². The zero-order valence-electron chi connectivity index (χ0n) is 14.1. The summed E-state index contributed by atoms with van der Waals surface area (Å²) in [7, 11) is 1.30. The molecule has 0 saturated carbocycles. The maximum atomic E-state index is 12.6. The van der Waals surface area contributed by atoms with Gasteiger partial charge in [0.1, 0.15) is 6.61 Å². The van der Waals surface area contributed by atoms with Crippen LogP contribution >= 0.6 is 23.1 Å². The molecule has 2 amide bonds. The van der Waals surface area contributed by atoms with Crippen LogP contribution in [0.25, 0.3) is 0 Å². The van der Waals surface area contributed by atoms with Crippen LogP contribution in [-0.4, -0.2) is 72.9 Å². The normalized spacial score (nSPS) is 21.4. The van der Waals surface area contributed by atoms with Crippen LogP contribution in [-0.2, 0) is 14.3 Å². The van der Waals surface area contributed by atoms with Crippen molar-refractivity contribution < 1.29 is 23.9 Å². The predicted molar refractivity (Wildman–Crippen MR) is 94.0 cm³/mol. The fourth-order valence-corrected chi connectivity index (χ4v) is 4.71. The number of nitrogens with zero attached hydrogens (tertiary/aromatic N) is 2. The fraction of sp³-hybridized carbons (Fsp3) is 0.562. The first-order valence-electron chi connectivity index (χ1n) is 8.01. The Labute approximate surface area is 154 Å². The summed E-state index contributed by atoms with van der Waals surface area (Å²) in [4.78, 5) is 40.4. The molecule has 2 aliphatic heterocycles. The Morgan fingerprint density at radius 2 is 2.04 bits per heavy atom. The Morgan fingerprint density at radius 3 is 2.64 bits per heavy atom. The van der Waals surface area contributed by atoms with E-state index >= 15 is 0 Å². The third-order valence-electron chi connectivity index (χ3n) is 4.52. The second kappa shape index (κ2) is 7.65. The van der Waals surface area contributed by atoms with Crippen LogP contribution in [0.1, 0.15) is 22.5 Å². The number of carbonyl (C=O) groups is 3. The van der Waals surface area contributed by atoms with Crippen molar-refractivity contribution in [2.45, 2.75) is 29.1 Å². The number of hydrogen-bond donors (Lipinski definition) is 0. The monoisotopic (exact) mass is 384 g/mol. The molecular weight excluding hydrogens is 364 g/mol. The van der Waals surface area contributed by atoms with E-state index in [1.165, 1.54) is 23.3 Å². The van der Waals surface area contributed by atoms with Crippen LogP contribution in [0, 0.1) is 0 Å². The largest absolute Gasteiger partial charge is 0.467 e. The van der Waals surface area contributed by atoms with Crippen molar-refractivity contribution in [1.29, 1.82) is 0 Å². The summed E-state index contributed by atoms with van der Waals surface area (Å²) >= 11 is 3.12. The average molecular weight is 384 g/mol. The van der Waals surface area contributed by atoms with Gasteiger partial charge in [0, 0.05) is 19.1 Å². The lowest BCUT2D eigenvalue weighted by molar-refractivity contribution is -0.145. The number of hydrogen-bond acceptors (Lipinski definition) is 7. The van der Waals surface area contributed by atoms with Gasteiger partial charge in [0.15, 0.2) is 6.04 Å². The Morgan fingerprint density at radius 1 is 1.32 bits per heavy atom. The van der Waals surface area contributed by atoms with Crippen molar-refractivity contribution in [2.75, 3.05) is 33.1 Å². The minimum Gasteiger partial charge on any atom is -0.467 e. The van der Waals surface area contributed by atoms with Gasteiger partial charge >= 0.3 is 12.1 Å². The lowest BCUT2D eigenvalue weighted by Crippen LogP contribution is -2.51. The van der Waals surface area contributed by atoms with Gasteiger partial charge in [-0.15, -0.1) is 23.1 Å². The molecule has 3 heterocycles. The molecule has 1 aromatic heterocycles. The first kappa shape index (κ1) is 18.1. The molecule has 0 N–H and O–H groups in total. The lowest BCUT2D eigenvalue weighted by Gasteiger charge is -2.37. The van der Waals surface area contributed by atoms with Crippen LogP contribution in [0.3, 0.4) is 0 Å². The highest BCUT2D eigenvalue weighted by molar-refractivity contribution is 8.00. The van der Waals surface area contributed by atoms with Gasteiger partial charge in [-0.25, -0.2) is 9.59 Å². The maximum Gasteiger partial charge on any atom is 0.410 e. The van der Waals surface area contributed by atoms with Crippen molar-refractivity contribution in [1.82, 2.24) is 9.80 Å². The second-order valence-electron chi connectivity index (χ2n) is 5.87. The molecule has 136 valence electrons. The molecule has 2 aliphatic rings. The molecule has 0 bridgehead atoms. The van der Waals surface area contributed by atoms with Crippen LogP contribution < -0.4 is 0 Å². The first-order valence-corrected chi connectivity index (χ1v) is 10.0. The summed E-state index contributed by atoms with van der Waals surface area (Å²) in [5.74, 6) is -0.440. The molecule has 0 aromatic carbocycles. The Bertz CT molecular complexity index is 669. The van der Waals surface area contributed by atoms with Crippen LogP contribution in [0.4, 0.5) is 4.79 Å². The Hall–Kier alpha value is -1.74. The van der Waals surface area contributed by atoms with E-state index in [-0.39, 0.29) is 18.6 Å². The van der Waals surface area contributed by atoms with Crippen molar-refractivity contribution >= 4 is 41.1 Å². The van der Waals surface area contributed by atoms with Gasteiger partial charge in [0.2, 0.25) is 0 Å². The summed E-state index contributed by atoms with van der Waals surface area (Å²) in [6.07, 6.45) is 2.74. The smallest absolute Gasteiger partial charge is 0.410 e. The molecule has 1 atom stereocenters. The number of likely N-dealkylation sites (tertiary alicyclic amines) is 1. The van der Waals surface area contributed by atoms with E-state index < -0.39 is 18.1 Å². The van der Waals surface area contributed by atoms with E-state index in [4.69, 9.17) is 9.47 Å². The summed E-state index contributed by atoms with van der Waals surface area (Å²) in [6.45, 7) is 1.12. The Balaban J connectivity index is 1.62. The number of piperidine rings is 1. The Kier molecular flexibility index (Phi) is 5.53. The van der Waals surface area contributed by atoms with Crippen molar-refractivity contribution in [3.05, 3.63) is 17.0 Å². The zero-order valence-corrected chi connectivity index (χ0v) is 15.7. The summed E-state index contributed by atoms with van der Waals surface area (Å²) in [6, 6.07) is 3.01. The molecule has 3 rings (SSSR count). The highest BCUT2D eigenvalue weighted by atomic mass is 32.2. The van der Waals surface area contributed by atoms with Crippen molar-refractivity contribution in [3.63, 3.8) is 0 Å². The van der Waals surface area contributed by atoms with Gasteiger partial charge in [0.05, 0.1) is 16.2 Å². The van der Waals surface area contributed by atoms with Gasteiger partial charge in [-0.05, 0) is 31.2 Å². The van der Waals surface area contributed by atoms with E-state index in [1.54, 1.807) is 16.7 Å².